The molecule has 0 saturated heterocycles. The first-order valence-corrected chi connectivity index (χ1v) is 9.66. The Hall–Kier alpha value is -2.99. The van der Waals surface area contributed by atoms with Gasteiger partial charge in [0.1, 0.15) is 0 Å². The second-order valence-electron chi connectivity index (χ2n) is 5.99. The van der Waals surface area contributed by atoms with Gasteiger partial charge in [-0.25, -0.2) is 0 Å². The van der Waals surface area contributed by atoms with Gasteiger partial charge in [0.2, 0.25) is 0 Å². The van der Waals surface area contributed by atoms with Gasteiger partial charge in [-0.1, -0.05) is 18.2 Å². The minimum atomic E-state index is -0.301. The number of amides is 2. The van der Waals surface area contributed by atoms with Crippen LogP contribution in [0, 0.1) is 6.92 Å². The molecule has 138 valence electrons. The molecule has 2 N–H and O–H groups in total. The van der Waals surface area contributed by atoms with Crippen LogP contribution in [-0.2, 0) is 6.54 Å². The Morgan fingerprint density at radius 3 is 2.48 bits per heavy atom. The van der Waals surface area contributed by atoms with Gasteiger partial charge in [0, 0.05) is 22.7 Å². The van der Waals surface area contributed by atoms with Gasteiger partial charge in [-0.05, 0) is 60.7 Å². The predicted octanol–water partition coefficient (Wildman–Crippen LogP) is 4.49. The number of carbonyl (C=O) groups excluding carboxylic acids is 2. The van der Waals surface area contributed by atoms with E-state index in [1.807, 2.05) is 43.5 Å². The Bertz CT molecular complexity index is 935. The van der Waals surface area contributed by atoms with Crippen molar-refractivity contribution in [3.63, 3.8) is 0 Å². The maximum atomic E-state index is 12.5. The van der Waals surface area contributed by atoms with Crippen molar-refractivity contribution in [2.75, 3.05) is 11.6 Å². The van der Waals surface area contributed by atoms with E-state index in [1.165, 1.54) is 6.26 Å². The third kappa shape index (κ3) is 4.80. The number of benzene rings is 2. The van der Waals surface area contributed by atoms with Gasteiger partial charge in [-0.15, -0.1) is 11.8 Å². The monoisotopic (exact) mass is 380 g/mol. The molecule has 0 aliphatic rings. The van der Waals surface area contributed by atoms with Crippen LogP contribution in [0.3, 0.4) is 0 Å². The Morgan fingerprint density at radius 1 is 1.04 bits per heavy atom. The van der Waals surface area contributed by atoms with E-state index in [1.54, 1.807) is 36.0 Å². The van der Waals surface area contributed by atoms with E-state index in [2.05, 4.69) is 10.6 Å². The van der Waals surface area contributed by atoms with Crippen molar-refractivity contribution < 1.29 is 14.0 Å². The van der Waals surface area contributed by atoms with Crippen molar-refractivity contribution in [2.24, 2.45) is 0 Å². The van der Waals surface area contributed by atoms with E-state index in [9.17, 15) is 9.59 Å². The molecule has 1 aromatic heterocycles. The highest BCUT2D eigenvalue weighted by atomic mass is 32.2. The number of nitrogens with one attached hydrogen (secondary N) is 2. The summed E-state index contributed by atoms with van der Waals surface area (Å²) in [6, 6.07) is 16.5. The molecule has 2 aromatic carbocycles. The Balaban J connectivity index is 1.58. The second kappa shape index (κ2) is 8.60. The first-order valence-electron chi connectivity index (χ1n) is 8.43. The third-order valence-electron chi connectivity index (χ3n) is 4.10. The van der Waals surface area contributed by atoms with Crippen LogP contribution < -0.4 is 10.6 Å². The van der Waals surface area contributed by atoms with E-state index in [0.717, 1.165) is 16.0 Å². The summed E-state index contributed by atoms with van der Waals surface area (Å²) in [5.74, 6) is -0.141. The lowest BCUT2D eigenvalue weighted by Gasteiger charge is -2.10. The summed E-state index contributed by atoms with van der Waals surface area (Å²) in [6.07, 6.45) is 3.44. The van der Waals surface area contributed by atoms with E-state index in [-0.39, 0.29) is 17.6 Å². The minimum absolute atomic E-state index is 0.0985. The van der Waals surface area contributed by atoms with Crippen molar-refractivity contribution in [2.45, 2.75) is 18.4 Å². The molecular formula is C21H20N2O3S. The summed E-state index contributed by atoms with van der Waals surface area (Å²) in [6.45, 7) is 2.34. The zero-order valence-electron chi connectivity index (χ0n) is 15.1. The van der Waals surface area contributed by atoms with E-state index >= 15 is 0 Å². The fourth-order valence-corrected chi connectivity index (χ4v) is 3.00. The second-order valence-corrected chi connectivity index (χ2v) is 6.87. The molecule has 0 saturated carbocycles. The number of carbonyl (C=O) groups is 2. The van der Waals surface area contributed by atoms with Crippen LogP contribution in [0.2, 0.25) is 0 Å². The summed E-state index contributed by atoms with van der Waals surface area (Å²) < 4.78 is 5.06. The van der Waals surface area contributed by atoms with Crippen LogP contribution in [0.4, 0.5) is 5.69 Å². The maximum absolute atomic E-state index is 12.5. The Labute approximate surface area is 162 Å². The van der Waals surface area contributed by atoms with Crippen LogP contribution in [0.25, 0.3) is 0 Å². The highest BCUT2D eigenvalue weighted by Gasteiger charge is 2.11. The highest BCUT2D eigenvalue weighted by molar-refractivity contribution is 7.98. The summed E-state index contributed by atoms with van der Waals surface area (Å²) in [4.78, 5) is 25.5. The van der Waals surface area contributed by atoms with Gasteiger partial charge in [0.25, 0.3) is 11.8 Å². The molecule has 0 fully saturated rings. The number of hydrogen-bond donors (Lipinski definition) is 2. The van der Waals surface area contributed by atoms with E-state index in [4.69, 9.17) is 4.42 Å². The molecule has 0 unspecified atom stereocenters. The van der Waals surface area contributed by atoms with Crippen LogP contribution in [0.1, 0.15) is 32.0 Å². The zero-order chi connectivity index (χ0) is 19.2. The quantitative estimate of drug-likeness (QED) is 0.618. The number of thioether (sulfide) groups is 1. The number of furan rings is 1. The number of rotatable bonds is 6. The molecule has 6 heteroatoms. The highest BCUT2D eigenvalue weighted by Crippen LogP contribution is 2.19. The SMILES string of the molecule is CSc1ccc(C)c(C(=O)NCc2ccc(NC(=O)c3ccco3)cc2)c1. The van der Waals surface area contributed by atoms with Gasteiger partial charge in [0.05, 0.1) is 6.26 Å². The van der Waals surface area contributed by atoms with Crippen LogP contribution >= 0.6 is 11.8 Å². The van der Waals surface area contributed by atoms with Gasteiger partial charge in [-0.2, -0.15) is 0 Å². The Kier molecular flexibility index (Phi) is 5.98. The molecule has 0 bridgehead atoms. The lowest BCUT2D eigenvalue weighted by atomic mass is 10.1. The molecule has 3 rings (SSSR count). The first-order chi connectivity index (χ1) is 13.1. The molecule has 0 aliphatic carbocycles. The molecule has 2 amide bonds. The number of aryl methyl sites for hydroxylation is 1. The van der Waals surface area contributed by atoms with Gasteiger partial charge < -0.3 is 15.1 Å². The fourth-order valence-electron chi connectivity index (χ4n) is 2.56. The van der Waals surface area contributed by atoms with E-state index < -0.39 is 0 Å². The van der Waals surface area contributed by atoms with Gasteiger partial charge in [0.15, 0.2) is 5.76 Å². The molecule has 0 atom stereocenters. The third-order valence-corrected chi connectivity index (χ3v) is 4.82. The molecule has 3 aromatic rings. The molecule has 0 aliphatic heterocycles. The molecule has 5 nitrogen and oxygen atoms in total. The largest absolute Gasteiger partial charge is 0.459 e. The van der Waals surface area contributed by atoms with Gasteiger partial charge in [-0.3, -0.25) is 9.59 Å². The molecule has 0 spiro atoms. The van der Waals surface area contributed by atoms with Crippen molar-refractivity contribution in [1.29, 1.82) is 0 Å². The fraction of sp³-hybridized carbons (Fsp3) is 0.143. The smallest absolute Gasteiger partial charge is 0.291 e. The van der Waals surface area contributed by atoms with Crippen LogP contribution in [-0.4, -0.2) is 18.1 Å². The average Bonchev–Trinajstić information content (AvgIpc) is 3.22. The lowest BCUT2D eigenvalue weighted by Crippen LogP contribution is -2.23. The topological polar surface area (TPSA) is 71.3 Å². The maximum Gasteiger partial charge on any atom is 0.291 e. The van der Waals surface area contributed by atoms with Crippen molar-refractivity contribution in [1.82, 2.24) is 5.32 Å². The Morgan fingerprint density at radius 2 is 1.81 bits per heavy atom. The summed E-state index contributed by atoms with van der Waals surface area (Å²) in [5, 5.41) is 5.70. The lowest BCUT2D eigenvalue weighted by molar-refractivity contribution is 0.0949. The predicted molar refractivity (Wildman–Crippen MR) is 107 cm³/mol. The zero-order valence-corrected chi connectivity index (χ0v) is 15.9. The summed E-state index contributed by atoms with van der Waals surface area (Å²) in [7, 11) is 0. The standard InChI is InChI=1S/C21H20N2O3S/c1-14-5-10-17(27-2)12-18(14)20(24)22-13-15-6-8-16(9-7-15)23-21(25)19-4-3-11-26-19/h3-12H,13H2,1-2H3,(H,22,24)(H,23,25). The summed E-state index contributed by atoms with van der Waals surface area (Å²) >= 11 is 1.61. The summed E-state index contributed by atoms with van der Waals surface area (Å²) in [5.41, 5.74) is 3.23. The molecule has 0 radical (unpaired) electrons. The van der Waals surface area contributed by atoms with Gasteiger partial charge >= 0.3 is 0 Å². The molecular weight excluding hydrogens is 360 g/mol. The van der Waals surface area contributed by atoms with Crippen molar-refractivity contribution in [3.8, 4) is 0 Å². The van der Waals surface area contributed by atoms with Crippen LogP contribution in [0.15, 0.2) is 70.2 Å². The average molecular weight is 380 g/mol. The van der Waals surface area contributed by atoms with Crippen LogP contribution in [0.5, 0.6) is 0 Å². The van der Waals surface area contributed by atoms with Crippen molar-refractivity contribution >= 4 is 29.3 Å². The molecule has 1 heterocycles. The number of anilines is 1. The number of hydrogen-bond acceptors (Lipinski definition) is 4. The van der Waals surface area contributed by atoms with E-state index in [0.29, 0.717) is 17.8 Å². The van der Waals surface area contributed by atoms with Crippen molar-refractivity contribution in [3.05, 3.63) is 83.3 Å². The first kappa shape index (κ1) is 18.8. The minimum Gasteiger partial charge on any atom is -0.459 e. The molecule has 27 heavy (non-hydrogen) atoms. The normalized spacial score (nSPS) is 10.4.